The number of anilines is 1. The number of nitrogens with one attached hydrogen (secondary N) is 2. The van der Waals surface area contributed by atoms with Crippen LogP contribution in [0.3, 0.4) is 0 Å². The van der Waals surface area contributed by atoms with E-state index in [0.717, 1.165) is 11.3 Å². The topological polar surface area (TPSA) is 98.5 Å². The van der Waals surface area contributed by atoms with E-state index < -0.39 is 5.54 Å². The van der Waals surface area contributed by atoms with Gasteiger partial charge < -0.3 is 24.6 Å². The summed E-state index contributed by atoms with van der Waals surface area (Å²) in [6.45, 7) is 8.66. The van der Waals surface area contributed by atoms with Crippen LogP contribution in [0.25, 0.3) is 0 Å². The molecule has 27 heavy (non-hydrogen) atoms. The second kappa shape index (κ2) is 7.96. The van der Waals surface area contributed by atoms with Crippen molar-refractivity contribution in [2.24, 2.45) is 0 Å². The van der Waals surface area contributed by atoms with Crippen molar-refractivity contribution in [1.29, 1.82) is 0 Å². The first-order valence-corrected chi connectivity index (χ1v) is 9.12. The van der Waals surface area contributed by atoms with Gasteiger partial charge in [0.15, 0.2) is 5.76 Å². The third kappa shape index (κ3) is 4.57. The molecule has 0 aliphatic carbocycles. The lowest BCUT2D eigenvalue weighted by atomic mass is 9.87. The quantitative estimate of drug-likeness (QED) is 0.833. The zero-order chi connectivity index (χ0) is 19.4. The van der Waals surface area contributed by atoms with Crippen LogP contribution in [-0.2, 0) is 10.3 Å². The number of carbonyl (C=O) groups is 1. The monoisotopic (exact) mass is 374 g/mol. The molecule has 1 aliphatic heterocycles. The van der Waals surface area contributed by atoms with Gasteiger partial charge in [-0.2, -0.15) is 0 Å². The molecule has 3 rings (SSSR count). The summed E-state index contributed by atoms with van der Waals surface area (Å²) in [6, 6.07) is 3.33. The van der Waals surface area contributed by atoms with Gasteiger partial charge in [-0.25, -0.2) is 9.78 Å². The van der Waals surface area contributed by atoms with Gasteiger partial charge in [0.25, 0.3) is 0 Å². The molecule has 0 radical (unpaired) electrons. The lowest BCUT2D eigenvalue weighted by molar-refractivity contribution is 0.0307. The maximum atomic E-state index is 12.8. The molecule has 8 nitrogen and oxygen atoms in total. The Balaban J connectivity index is 1.80. The average Bonchev–Trinajstić information content (AvgIpc) is 3.05. The second-order valence-electron chi connectivity index (χ2n) is 7.14. The van der Waals surface area contributed by atoms with E-state index in [1.54, 1.807) is 6.20 Å². The fourth-order valence-corrected chi connectivity index (χ4v) is 3.08. The molecule has 1 saturated heterocycles. The Hall–Kier alpha value is -2.61. The van der Waals surface area contributed by atoms with Gasteiger partial charge in [0, 0.05) is 38.3 Å². The van der Waals surface area contributed by atoms with E-state index in [1.807, 2.05) is 39.8 Å². The number of hydrogen-bond donors (Lipinski definition) is 2. The van der Waals surface area contributed by atoms with E-state index in [0.29, 0.717) is 43.4 Å². The summed E-state index contributed by atoms with van der Waals surface area (Å²) in [4.78, 5) is 17.1. The predicted octanol–water partition coefficient (Wildman–Crippen LogP) is 3.30. The minimum absolute atomic E-state index is 0.0529. The van der Waals surface area contributed by atoms with Crippen molar-refractivity contribution >= 4 is 11.7 Å². The van der Waals surface area contributed by atoms with Crippen LogP contribution in [-0.4, -0.2) is 35.5 Å². The van der Waals surface area contributed by atoms with Gasteiger partial charge in [0.05, 0.1) is 11.8 Å². The Labute approximate surface area is 158 Å². The lowest BCUT2D eigenvalue weighted by Gasteiger charge is -2.35. The number of hydrogen-bond acceptors (Lipinski definition) is 6. The van der Waals surface area contributed by atoms with Crippen molar-refractivity contribution in [3.63, 3.8) is 0 Å². The third-order valence-electron chi connectivity index (χ3n) is 4.38. The largest absolute Gasteiger partial charge is 0.473 e. The summed E-state index contributed by atoms with van der Waals surface area (Å²) < 4.78 is 16.6. The van der Waals surface area contributed by atoms with Crippen LogP contribution in [0, 0.1) is 13.8 Å². The summed E-state index contributed by atoms with van der Waals surface area (Å²) in [5.74, 6) is 1.03. The molecule has 0 spiro atoms. The number of rotatable bonds is 5. The highest BCUT2D eigenvalue weighted by atomic mass is 16.5. The molecule has 1 fully saturated rings. The molecule has 0 saturated carbocycles. The first kappa shape index (κ1) is 19.2. The Morgan fingerprint density at radius 3 is 2.63 bits per heavy atom. The summed E-state index contributed by atoms with van der Waals surface area (Å²) in [7, 11) is 0. The molecule has 0 aromatic carbocycles. The van der Waals surface area contributed by atoms with Gasteiger partial charge in [-0.3, -0.25) is 0 Å². The van der Waals surface area contributed by atoms with E-state index in [4.69, 9.17) is 14.0 Å². The first-order valence-electron chi connectivity index (χ1n) is 9.12. The molecule has 8 heteroatoms. The van der Waals surface area contributed by atoms with Gasteiger partial charge in [-0.15, -0.1) is 0 Å². The van der Waals surface area contributed by atoms with E-state index in [9.17, 15) is 4.79 Å². The molecule has 2 N–H and O–H groups in total. The van der Waals surface area contributed by atoms with Crippen LogP contribution in [0.5, 0.6) is 5.88 Å². The van der Waals surface area contributed by atoms with E-state index >= 15 is 0 Å². The highest BCUT2D eigenvalue weighted by molar-refractivity contribution is 5.91. The molecule has 2 aromatic rings. The average molecular weight is 374 g/mol. The van der Waals surface area contributed by atoms with Crippen LogP contribution >= 0.6 is 0 Å². The van der Waals surface area contributed by atoms with Crippen molar-refractivity contribution < 1.29 is 18.8 Å². The molecule has 146 valence electrons. The predicted molar refractivity (Wildman–Crippen MR) is 99.9 cm³/mol. The smallest absolute Gasteiger partial charge is 0.320 e. The van der Waals surface area contributed by atoms with Crippen molar-refractivity contribution in [3.8, 4) is 5.88 Å². The van der Waals surface area contributed by atoms with E-state index in [1.165, 1.54) is 0 Å². The Kier molecular flexibility index (Phi) is 5.65. The highest BCUT2D eigenvalue weighted by Gasteiger charge is 2.39. The summed E-state index contributed by atoms with van der Waals surface area (Å²) in [5.41, 5.74) is 1.57. The SMILES string of the molecule is Cc1cnc(OC(C)C)c(NC(=O)NC2(c3cc(C)no3)CCOCC2)c1. The molecular weight excluding hydrogens is 348 g/mol. The summed E-state index contributed by atoms with van der Waals surface area (Å²) in [6.07, 6.45) is 2.87. The molecule has 1 aliphatic rings. The fourth-order valence-electron chi connectivity index (χ4n) is 3.08. The number of amides is 2. The number of carbonyl (C=O) groups excluding carboxylic acids is 1. The van der Waals surface area contributed by atoms with Crippen molar-refractivity contribution in [2.75, 3.05) is 18.5 Å². The third-order valence-corrected chi connectivity index (χ3v) is 4.38. The van der Waals surface area contributed by atoms with Crippen LogP contribution in [0.15, 0.2) is 22.9 Å². The number of nitrogens with zero attached hydrogens (tertiary/aromatic N) is 2. The molecule has 2 aromatic heterocycles. The van der Waals surface area contributed by atoms with E-state index in [2.05, 4.69) is 20.8 Å². The summed E-state index contributed by atoms with van der Waals surface area (Å²) >= 11 is 0. The maximum Gasteiger partial charge on any atom is 0.320 e. The van der Waals surface area contributed by atoms with Crippen LogP contribution in [0.4, 0.5) is 10.5 Å². The van der Waals surface area contributed by atoms with Gasteiger partial charge in [0.1, 0.15) is 11.2 Å². The van der Waals surface area contributed by atoms with Crippen LogP contribution in [0.1, 0.15) is 43.7 Å². The molecule has 3 heterocycles. The van der Waals surface area contributed by atoms with Gasteiger partial charge in [0.2, 0.25) is 5.88 Å². The number of aryl methyl sites for hydroxylation is 2. The van der Waals surface area contributed by atoms with Crippen molar-refractivity contribution in [1.82, 2.24) is 15.5 Å². The van der Waals surface area contributed by atoms with Crippen molar-refractivity contribution in [3.05, 3.63) is 35.3 Å². The highest BCUT2D eigenvalue weighted by Crippen LogP contribution is 2.33. The van der Waals surface area contributed by atoms with Crippen LogP contribution in [0.2, 0.25) is 0 Å². The Bertz CT molecular complexity index is 797. The zero-order valence-corrected chi connectivity index (χ0v) is 16.2. The Morgan fingerprint density at radius 1 is 1.26 bits per heavy atom. The standard InChI is InChI=1S/C19H26N4O4/c1-12(2)26-17-15(9-13(3)11-20-17)21-18(24)22-19(5-7-25-8-6-19)16-10-14(4)23-27-16/h9-12H,5-8H2,1-4H3,(H2,21,22,24). The first-order chi connectivity index (χ1) is 12.9. The molecule has 0 unspecified atom stereocenters. The molecule has 0 atom stereocenters. The Morgan fingerprint density at radius 2 is 2.00 bits per heavy atom. The zero-order valence-electron chi connectivity index (χ0n) is 16.2. The second-order valence-corrected chi connectivity index (χ2v) is 7.14. The summed E-state index contributed by atoms with van der Waals surface area (Å²) in [5, 5.41) is 9.90. The number of aromatic nitrogens is 2. The number of urea groups is 1. The number of pyridine rings is 1. The molecule has 2 amide bonds. The maximum absolute atomic E-state index is 12.8. The molecule has 0 bridgehead atoms. The van der Waals surface area contributed by atoms with Gasteiger partial charge >= 0.3 is 6.03 Å². The molecular formula is C19H26N4O4. The normalized spacial score (nSPS) is 16.2. The fraction of sp³-hybridized carbons (Fsp3) is 0.526. The van der Waals surface area contributed by atoms with Crippen LogP contribution < -0.4 is 15.4 Å². The number of ether oxygens (including phenoxy) is 2. The minimum Gasteiger partial charge on any atom is -0.473 e. The van der Waals surface area contributed by atoms with Gasteiger partial charge in [-0.1, -0.05) is 5.16 Å². The van der Waals surface area contributed by atoms with Crippen molar-refractivity contribution in [2.45, 2.75) is 52.2 Å². The van der Waals surface area contributed by atoms with Gasteiger partial charge in [-0.05, 0) is 39.3 Å². The van der Waals surface area contributed by atoms with E-state index in [-0.39, 0.29) is 12.1 Å². The minimum atomic E-state index is -0.653. The lowest BCUT2D eigenvalue weighted by Crippen LogP contribution is -2.50.